The van der Waals surface area contributed by atoms with Crippen LogP contribution in [0.3, 0.4) is 0 Å². The minimum absolute atomic E-state index is 0.716. The van der Waals surface area contributed by atoms with Crippen molar-refractivity contribution in [3.05, 3.63) is 29.5 Å². The molecule has 2 N–H and O–H groups in total. The third-order valence-corrected chi connectivity index (χ3v) is 2.56. The number of methoxy groups -OCH3 is 1. The number of nitrogens with two attached hydrogens (primary N) is 1. The minimum atomic E-state index is 0.716. The van der Waals surface area contributed by atoms with E-state index in [1.165, 1.54) is 0 Å². The molecule has 15 heavy (non-hydrogen) atoms. The Morgan fingerprint density at radius 3 is 2.60 bits per heavy atom. The Hall–Kier alpha value is -1.77. The van der Waals surface area contributed by atoms with E-state index in [-0.39, 0.29) is 0 Å². The van der Waals surface area contributed by atoms with Crippen molar-refractivity contribution in [2.45, 2.75) is 13.8 Å². The molecule has 1 aromatic heterocycles. The van der Waals surface area contributed by atoms with Gasteiger partial charge in [0.15, 0.2) is 0 Å². The Bertz CT molecular complexity index is 521. The van der Waals surface area contributed by atoms with Gasteiger partial charge in [0, 0.05) is 5.39 Å². The smallest absolute Gasteiger partial charge is 0.122 e. The maximum atomic E-state index is 5.81. The number of fused-ring (bicyclic) bond motifs is 1. The van der Waals surface area contributed by atoms with Crippen LogP contribution in [0.4, 0.5) is 5.69 Å². The number of nitrogen functional groups attached to an aromatic ring is 1. The summed E-state index contributed by atoms with van der Waals surface area (Å²) in [6.45, 7) is 3.92. The lowest BCUT2D eigenvalue weighted by molar-refractivity contribution is 0.412. The van der Waals surface area contributed by atoms with E-state index in [1.807, 2.05) is 32.0 Å². The van der Waals surface area contributed by atoms with E-state index in [9.17, 15) is 0 Å². The number of hydrogen-bond donors (Lipinski definition) is 1. The molecule has 0 unspecified atom stereocenters. The standard InChI is InChI=1S/C12H14N2O/c1-7-4-11-9(6-12(7)15-3)5-10(13)8(2)14-11/h4-6H,13H2,1-3H3. The van der Waals surface area contributed by atoms with Gasteiger partial charge in [-0.1, -0.05) is 0 Å². The highest BCUT2D eigenvalue weighted by Crippen LogP contribution is 2.26. The number of pyridine rings is 1. The number of aromatic nitrogens is 1. The van der Waals surface area contributed by atoms with Crippen LogP contribution in [0.2, 0.25) is 0 Å². The maximum Gasteiger partial charge on any atom is 0.122 e. The summed E-state index contributed by atoms with van der Waals surface area (Å²) in [5.74, 6) is 0.868. The molecule has 0 saturated carbocycles. The Balaban J connectivity index is 2.76. The largest absolute Gasteiger partial charge is 0.496 e. The van der Waals surface area contributed by atoms with Crippen LogP contribution in [0.15, 0.2) is 18.2 Å². The fourth-order valence-electron chi connectivity index (χ4n) is 1.64. The molecule has 0 radical (unpaired) electrons. The van der Waals surface area contributed by atoms with E-state index in [4.69, 9.17) is 10.5 Å². The van der Waals surface area contributed by atoms with E-state index in [0.717, 1.165) is 27.9 Å². The van der Waals surface area contributed by atoms with Gasteiger partial charge >= 0.3 is 0 Å². The fraction of sp³-hybridized carbons (Fsp3) is 0.250. The molecule has 0 amide bonds. The van der Waals surface area contributed by atoms with Gasteiger partial charge in [-0.25, -0.2) is 0 Å². The van der Waals surface area contributed by atoms with Crippen LogP contribution in [0.25, 0.3) is 10.9 Å². The molecule has 0 aliphatic rings. The lowest BCUT2D eigenvalue weighted by Crippen LogP contribution is -1.95. The van der Waals surface area contributed by atoms with E-state index < -0.39 is 0 Å². The first-order chi connectivity index (χ1) is 7.11. The third-order valence-electron chi connectivity index (χ3n) is 2.56. The molecule has 0 aliphatic heterocycles. The number of aryl methyl sites for hydroxylation is 2. The minimum Gasteiger partial charge on any atom is -0.496 e. The van der Waals surface area contributed by atoms with Gasteiger partial charge in [0.25, 0.3) is 0 Å². The van der Waals surface area contributed by atoms with Gasteiger partial charge in [0.05, 0.1) is 24.0 Å². The van der Waals surface area contributed by atoms with Crippen molar-refractivity contribution in [2.24, 2.45) is 0 Å². The van der Waals surface area contributed by atoms with Gasteiger partial charge in [0.1, 0.15) is 5.75 Å². The molecule has 3 heteroatoms. The SMILES string of the molecule is COc1cc2cc(N)c(C)nc2cc1C. The highest BCUT2D eigenvalue weighted by atomic mass is 16.5. The van der Waals surface area contributed by atoms with Crippen LogP contribution in [0, 0.1) is 13.8 Å². The highest BCUT2D eigenvalue weighted by molar-refractivity contribution is 5.84. The Kier molecular flexibility index (Phi) is 2.23. The Morgan fingerprint density at radius 1 is 1.20 bits per heavy atom. The summed E-state index contributed by atoms with van der Waals surface area (Å²) < 4.78 is 5.25. The normalized spacial score (nSPS) is 10.6. The number of rotatable bonds is 1. The van der Waals surface area contributed by atoms with Crippen molar-refractivity contribution in [1.29, 1.82) is 0 Å². The van der Waals surface area contributed by atoms with Crippen molar-refractivity contribution >= 4 is 16.6 Å². The van der Waals surface area contributed by atoms with Gasteiger partial charge in [-0.2, -0.15) is 0 Å². The average Bonchev–Trinajstić information content (AvgIpc) is 2.20. The summed E-state index contributed by atoms with van der Waals surface area (Å²) in [5, 5.41) is 1.01. The van der Waals surface area contributed by atoms with E-state index in [2.05, 4.69) is 4.98 Å². The van der Waals surface area contributed by atoms with E-state index in [0.29, 0.717) is 5.69 Å². The summed E-state index contributed by atoms with van der Waals surface area (Å²) in [4.78, 5) is 4.43. The molecular weight excluding hydrogens is 188 g/mol. The average molecular weight is 202 g/mol. The molecule has 2 rings (SSSR count). The quantitative estimate of drug-likeness (QED) is 0.772. The van der Waals surface area contributed by atoms with Crippen molar-refractivity contribution in [3.8, 4) is 5.75 Å². The lowest BCUT2D eigenvalue weighted by atomic mass is 10.1. The summed E-state index contributed by atoms with van der Waals surface area (Å²) in [5.41, 5.74) is 9.44. The third kappa shape index (κ3) is 1.61. The van der Waals surface area contributed by atoms with Crippen molar-refractivity contribution in [1.82, 2.24) is 4.98 Å². The summed E-state index contributed by atoms with van der Waals surface area (Å²) in [7, 11) is 1.67. The van der Waals surface area contributed by atoms with Gasteiger partial charge < -0.3 is 10.5 Å². The molecule has 0 atom stereocenters. The van der Waals surface area contributed by atoms with Gasteiger partial charge in [-0.3, -0.25) is 4.98 Å². The van der Waals surface area contributed by atoms with Crippen LogP contribution >= 0.6 is 0 Å². The molecule has 2 aromatic rings. The Morgan fingerprint density at radius 2 is 1.93 bits per heavy atom. The molecule has 78 valence electrons. The first kappa shape index (κ1) is 9.77. The van der Waals surface area contributed by atoms with Gasteiger partial charge in [0.2, 0.25) is 0 Å². The number of nitrogens with zero attached hydrogens (tertiary/aromatic N) is 1. The number of benzene rings is 1. The zero-order valence-corrected chi connectivity index (χ0v) is 9.16. The molecule has 1 heterocycles. The molecular formula is C12H14N2O. The monoisotopic (exact) mass is 202 g/mol. The van der Waals surface area contributed by atoms with Crippen LogP contribution in [0.5, 0.6) is 5.75 Å². The first-order valence-corrected chi connectivity index (χ1v) is 4.83. The highest BCUT2D eigenvalue weighted by Gasteiger charge is 2.04. The molecule has 3 nitrogen and oxygen atoms in total. The van der Waals surface area contributed by atoms with Crippen LogP contribution in [-0.4, -0.2) is 12.1 Å². The molecule has 0 bridgehead atoms. The summed E-state index contributed by atoms with van der Waals surface area (Å²) in [6, 6.07) is 5.91. The molecule has 1 aromatic carbocycles. The van der Waals surface area contributed by atoms with Crippen molar-refractivity contribution in [2.75, 3.05) is 12.8 Å². The van der Waals surface area contributed by atoms with E-state index in [1.54, 1.807) is 7.11 Å². The summed E-state index contributed by atoms with van der Waals surface area (Å²) in [6.07, 6.45) is 0. The van der Waals surface area contributed by atoms with Gasteiger partial charge in [-0.15, -0.1) is 0 Å². The first-order valence-electron chi connectivity index (χ1n) is 4.83. The predicted molar refractivity (Wildman–Crippen MR) is 62.2 cm³/mol. The number of anilines is 1. The lowest BCUT2D eigenvalue weighted by Gasteiger charge is -2.08. The maximum absolute atomic E-state index is 5.81. The van der Waals surface area contributed by atoms with Crippen LogP contribution < -0.4 is 10.5 Å². The molecule has 0 spiro atoms. The van der Waals surface area contributed by atoms with Crippen molar-refractivity contribution < 1.29 is 4.74 Å². The number of ether oxygens (including phenoxy) is 1. The number of hydrogen-bond acceptors (Lipinski definition) is 3. The van der Waals surface area contributed by atoms with Crippen LogP contribution in [-0.2, 0) is 0 Å². The van der Waals surface area contributed by atoms with E-state index >= 15 is 0 Å². The Labute approximate surface area is 88.9 Å². The second kappa shape index (κ2) is 3.42. The van der Waals surface area contributed by atoms with Crippen LogP contribution in [0.1, 0.15) is 11.3 Å². The van der Waals surface area contributed by atoms with Gasteiger partial charge in [-0.05, 0) is 37.6 Å². The zero-order chi connectivity index (χ0) is 11.0. The zero-order valence-electron chi connectivity index (χ0n) is 9.16. The molecule has 0 fully saturated rings. The second-order valence-electron chi connectivity index (χ2n) is 3.68. The predicted octanol–water partition coefficient (Wildman–Crippen LogP) is 2.44. The van der Waals surface area contributed by atoms with Crippen molar-refractivity contribution in [3.63, 3.8) is 0 Å². The molecule has 0 aliphatic carbocycles. The second-order valence-corrected chi connectivity index (χ2v) is 3.68. The topological polar surface area (TPSA) is 48.1 Å². The summed E-state index contributed by atoms with van der Waals surface area (Å²) >= 11 is 0. The fourth-order valence-corrected chi connectivity index (χ4v) is 1.64. The molecule has 0 saturated heterocycles.